The van der Waals surface area contributed by atoms with Gasteiger partial charge in [-0.15, -0.1) is 0 Å². The van der Waals surface area contributed by atoms with Crippen LogP contribution < -0.4 is 5.32 Å². The predicted octanol–water partition coefficient (Wildman–Crippen LogP) is 2.12. The van der Waals surface area contributed by atoms with E-state index in [0.29, 0.717) is 11.5 Å². The highest BCUT2D eigenvalue weighted by molar-refractivity contribution is 4.85. The van der Waals surface area contributed by atoms with Gasteiger partial charge in [0.25, 0.3) is 0 Å². The number of hydrogen-bond donors (Lipinski definition) is 1. The van der Waals surface area contributed by atoms with Gasteiger partial charge in [0.05, 0.1) is 6.61 Å². The largest absolute Gasteiger partial charge is 0.383 e. The number of ether oxygens (including phenoxy) is 1. The second-order valence-electron chi connectivity index (χ2n) is 6.23. The lowest BCUT2D eigenvalue weighted by Crippen LogP contribution is -2.49. The zero-order valence-corrected chi connectivity index (χ0v) is 12.3. The molecule has 1 aliphatic carbocycles. The number of rotatable bonds is 6. The molecule has 3 heteroatoms. The molecule has 17 heavy (non-hydrogen) atoms. The number of hydrogen-bond acceptors (Lipinski definition) is 3. The highest BCUT2D eigenvalue weighted by Crippen LogP contribution is 2.36. The molecular weight excluding hydrogens is 212 g/mol. The Morgan fingerprint density at radius 1 is 1.35 bits per heavy atom. The Morgan fingerprint density at radius 3 is 2.41 bits per heavy atom. The van der Waals surface area contributed by atoms with E-state index in [1.807, 2.05) is 7.05 Å². The molecule has 1 N–H and O–H groups in total. The van der Waals surface area contributed by atoms with Crippen LogP contribution in [0.1, 0.15) is 39.5 Å². The van der Waals surface area contributed by atoms with Crippen LogP contribution in [-0.2, 0) is 4.74 Å². The van der Waals surface area contributed by atoms with Gasteiger partial charge < -0.3 is 10.1 Å². The molecule has 102 valence electrons. The Balaban J connectivity index is 2.47. The fourth-order valence-corrected chi connectivity index (χ4v) is 2.84. The molecule has 3 nitrogen and oxygen atoms in total. The van der Waals surface area contributed by atoms with E-state index in [2.05, 4.69) is 31.1 Å². The molecular formula is C14H30N2O. The average Bonchev–Trinajstić information content (AvgIpc) is 2.28. The molecule has 0 amide bonds. The first kappa shape index (κ1) is 14.9. The van der Waals surface area contributed by atoms with Gasteiger partial charge in [0.1, 0.15) is 0 Å². The number of nitrogens with zero attached hydrogens (tertiary/aromatic N) is 1. The Hall–Kier alpha value is -0.120. The lowest BCUT2D eigenvalue weighted by atomic mass is 9.75. The van der Waals surface area contributed by atoms with E-state index in [9.17, 15) is 0 Å². The standard InChI is InChI=1S/C14H30N2O/c1-14(2)8-6-12(7-9-14)16(4)13(10-15-3)11-17-5/h12-13,15H,6-11H2,1-5H3. The molecule has 1 rings (SSSR count). The van der Waals surface area contributed by atoms with Gasteiger partial charge in [-0.05, 0) is 45.2 Å². The SMILES string of the molecule is CNCC(COC)N(C)C1CCC(C)(C)CC1. The lowest BCUT2D eigenvalue weighted by Gasteiger charge is -2.41. The van der Waals surface area contributed by atoms with E-state index in [4.69, 9.17) is 4.74 Å². The minimum absolute atomic E-state index is 0.496. The van der Waals surface area contributed by atoms with Gasteiger partial charge >= 0.3 is 0 Å². The number of nitrogens with one attached hydrogen (secondary N) is 1. The monoisotopic (exact) mass is 242 g/mol. The van der Waals surface area contributed by atoms with Crippen molar-refractivity contribution in [2.45, 2.75) is 51.6 Å². The third kappa shape index (κ3) is 4.57. The van der Waals surface area contributed by atoms with Crippen molar-refractivity contribution in [3.8, 4) is 0 Å². The van der Waals surface area contributed by atoms with E-state index in [1.165, 1.54) is 25.7 Å². The highest BCUT2D eigenvalue weighted by Gasteiger charge is 2.31. The summed E-state index contributed by atoms with van der Waals surface area (Å²) in [7, 11) is 6.06. The summed E-state index contributed by atoms with van der Waals surface area (Å²) in [6.45, 7) is 6.61. The van der Waals surface area contributed by atoms with Gasteiger partial charge in [0.15, 0.2) is 0 Å². The van der Waals surface area contributed by atoms with Crippen LogP contribution in [0.3, 0.4) is 0 Å². The molecule has 1 fully saturated rings. The van der Waals surface area contributed by atoms with Crippen LogP contribution in [0.5, 0.6) is 0 Å². The second kappa shape index (κ2) is 6.72. The van der Waals surface area contributed by atoms with Crippen molar-refractivity contribution >= 4 is 0 Å². The molecule has 0 aromatic carbocycles. The fraction of sp³-hybridized carbons (Fsp3) is 1.00. The normalized spacial score (nSPS) is 22.9. The van der Waals surface area contributed by atoms with Crippen molar-refractivity contribution in [2.75, 3.05) is 34.4 Å². The third-order valence-electron chi connectivity index (χ3n) is 4.26. The third-order valence-corrected chi connectivity index (χ3v) is 4.26. The molecule has 0 bridgehead atoms. The van der Waals surface area contributed by atoms with Crippen molar-refractivity contribution in [3.63, 3.8) is 0 Å². The van der Waals surface area contributed by atoms with Gasteiger partial charge in [-0.2, -0.15) is 0 Å². The van der Waals surface area contributed by atoms with E-state index < -0.39 is 0 Å². The molecule has 1 aliphatic rings. The predicted molar refractivity (Wildman–Crippen MR) is 73.4 cm³/mol. The summed E-state index contributed by atoms with van der Waals surface area (Å²) in [4.78, 5) is 2.52. The van der Waals surface area contributed by atoms with Crippen molar-refractivity contribution < 1.29 is 4.74 Å². The van der Waals surface area contributed by atoms with Crippen LogP contribution in [0.2, 0.25) is 0 Å². The topological polar surface area (TPSA) is 24.5 Å². The average molecular weight is 242 g/mol. The summed E-state index contributed by atoms with van der Waals surface area (Å²) in [6.07, 6.45) is 5.35. The first-order valence-electron chi connectivity index (χ1n) is 6.85. The van der Waals surface area contributed by atoms with Crippen LogP contribution in [0.4, 0.5) is 0 Å². The van der Waals surface area contributed by atoms with Crippen molar-refractivity contribution in [3.05, 3.63) is 0 Å². The Morgan fingerprint density at radius 2 is 1.94 bits per heavy atom. The Bertz CT molecular complexity index is 202. The molecule has 1 atom stereocenters. The maximum Gasteiger partial charge on any atom is 0.0630 e. The first-order valence-corrected chi connectivity index (χ1v) is 6.85. The van der Waals surface area contributed by atoms with Gasteiger partial charge in [0, 0.05) is 25.7 Å². The smallest absolute Gasteiger partial charge is 0.0630 e. The maximum atomic E-state index is 5.33. The first-order chi connectivity index (χ1) is 8.00. The second-order valence-corrected chi connectivity index (χ2v) is 6.23. The molecule has 1 unspecified atom stereocenters. The summed E-state index contributed by atoms with van der Waals surface area (Å²) in [5, 5.41) is 3.27. The minimum atomic E-state index is 0.496. The molecule has 0 aromatic rings. The Kier molecular flexibility index (Phi) is 5.90. The van der Waals surface area contributed by atoms with Gasteiger partial charge in [-0.3, -0.25) is 4.90 Å². The number of methoxy groups -OCH3 is 1. The maximum absolute atomic E-state index is 5.33. The number of likely N-dealkylation sites (N-methyl/N-ethyl adjacent to an activating group) is 2. The van der Waals surface area contributed by atoms with Crippen LogP contribution >= 0.6 is 0 Å². The van der Waals surface area contributed by atoms with E-state index in [-0.39, 0.29) is 0 Å². The summed E-state index contributed by atoms with van der Waals surface area (Å²) in [5.74, 6) is 0. The quantitative estimate of drug-likeness (QED) is 0.772. The molecule has 0 aliphatic heterocycles. The van der Waals surface area contributed by atoms with Gasteiger partial charge in [0.2, 0.25) is 0 Å². The van der Waals surface area contributed by atoms with Gasteiger partial charge in [-0.25, -0.2) is 0 Å². The summed E-state index contributed by atoms with van der Waals surface area (Å²) >= 11 is 0. The van der Waals surface area contributed by atoms with E-state index in [0.717, 1.165) is 19.2 Å². The summed E-state index contributed by atoms with van der Waals surface area (Å²) in [5.41, 5.74) is 0.553. The molecule has 0 spiro atoms. The van der Waals surface area contributed by atoms with E-state index >= 15 is 0 Å². The van der Waals surface area contributed by atoms with Crippen molar-refractivity contribution in [1.82, 2.24) is 10.2 Å². The van der Waals surface area contributed by atoms with Gasteiger partial charge in [-0.1, -0.05) is 13.8 Å². The van der Waals surface area contributed by atoms with Crippen LogP contribution in [0.25, 0.3) is 0 Å². The zero-order valence-electron chi connectivity index (χ0n) is 12.3. The molecule has 0 radical (unpaired) electrons. The highest BCUT2D eigenvalue weighted by atomic mass is 16.5. The summed E-state index contributed by atoms with van der Waals surface area (Å²) in [6, 6.07) is 1.23. The molecule has 0 aromatic heterocycles. The Labute approximate surface area is 107 Å². The lowest BCUT2D eigenvalue weighted by molar-refractivity contribution is 0.0503. The molecule has 1 saturated carbocycles. The van der Waals surface area contributed by atoms with Crippen LogP contribution in [0, 0.1) is 5.41 Å². The zero-order chi connectivity index (χ0) is 12.9. The fourth-order valence-electron chi connectivity index (χ4n) is 2.84. The van der Waals surface area contributed by atoms with Crippen LogP contribution in [-0.4, -0.2) is 51.3 Å². The summed E-state index contributed by atoms with van der Waals surface area (Å²) < 4.78 is 5.33. The van der Waals surface area contributed by atoms with Crippen molar-refractivity contribution in [1.29, 1.82) is 0 Å². The van der Waals surface area contributed by atoms with E-state index in [1.54, 1.807) is 7.11 Å². The molecule has 0 saturated heterocycles. The minimum Gasteiger partial charge on any atom is -0.383 e. The van der Waals surface area contributed by atoms with Crippen molar-refractivity contribution in [2.24, 2.45) is 5.41 Å². The molecule has 0 heterocycles. The van der Waals surface area contributed by atoms with Crippen LogP contribution in [0.15, 0.2) is 0 Å².